The van der Waals surface area contributed by atoms with Crippen molar-refractivity contribution in [2.45, 2.75) is 6.92 Å². The highest BCUT2D eigenvalue weighted by Crippen LogP contribution is 1.72. The van der Waals surface area contributed by atoms with Crippen molar-refractivity contribution in [2.24, 2.45) is 5.73 Å². The predicted molar refractivity (Wildman–Crippen MR) is 36.1 cm³/mol. The van der Waals surface area contributed by atoms with Crippen LogP contribution in [-0.2, 0) is 0 Å². The van der Waals surface area contributed by atoms with Crippen molar-refractivity contribution in [3.05, 3.63) is 11.8 Å². The normalized spacial score (nSPS) is 11.1. The summed E-state index contributed by atoms with van der Waals surface area (Å²) in [5.41, 5.74) is 6.18. The van der Waals surface area contributed by atoms with Crippen molar-refractivity contribution >= 4 is 6.21 Å². The van der Waals surface area contributed by atoms with E-state index in [1.165, 1.54) is 0 Å². The predicted octanol–water partition coefficient (Wildman–Crippen LogP) is 0.192. The van der Waals surface area contributed by atoms with E-state index in [0.717, 1.165) is 5.70 Å². The number of rotatable bonds is 1. The molecule has 0 atom stereocenters. The van der Waals surface area contributed by atoms with Gasteiger partial charge in [0.2, 0.25) is 0 Å². The van der Waals surface area contributed by atoms with Crippen molar-refractivity contribution in [3.63, 3.8) is 0 Å². The highest BCUT2D eigenvalue weighted by atomic mass is 14.9. The van der Waals surface area contributed by atoms with Crippen LogP contribution in [0.4, 0.5) is 0 Å². The van der Waals surface area contributed by atoms with Crippen LogP contribution in [0.3, 0.4) is 0 Å². The molecule has 0 aliphatic heterocycles. The lowest BCUT2D eigenvalue weighted by Gasteiger charge is -1.81. The highest BCUT2D eigenvalue weighted by molar-refractivity contribution is 5.66. The fraction of sp³-hybridized carbons (Fsp3) is 0.500. The van der Waals surface area contributed by atoms with Gasteiger partial charge < -0.3 is 5.73 Å². The third-order valence-corrected chi connectivity index (χ3v) is 0.636. The van der Waals surface area contributed by atoms with Gasteiger partial charge in [-0.25, -0.2) is 4.58 Å². The molecule has 0 aromatic heterocycles. The zero-order valence-corrected chi connectivity index (χ0v) is 5.68. The number of hydrogen-bond acceptors (Lipinski definition) is 1. The van der Waals surface area contributed by atoms with Gasteiger partial charge in [-0.1, -0.05) is 0 Å². The monoisotopic (exact) mass is 113 g/mol. The Morgan fingerprint density at radius 2 is 2.00 bits per heavy atom. The van der Waals surface area contributed by atoms with E-state index in [0.29, 0.717) is 0 Å². The molecule has 0 aliphatic rings. The molecule has 0 aromatic carbocycles. The minimum atomic E-state index is 0.832. The number of nitrogens with two attached hydrogens (primary N) is 1. The average molecular weight is 113 g/mol. The first-order valence-corrected chi connectivity index (χ1v) is 2.56. The zero-order chi connectivity index (χ0) is 6.57. The Bertz CT molecular complexity index is 98.5. The highest BCUT2D eigenvalue weighted by Gasteiger charge is 1.76. The quantitative estimate of drug-likeness (QED) is 0.382. The molecule has 0 rings (SSSR count). The van der Waals surface area contributed by atoms with Gasteiger partial charge in [-0.15, -0.1) is 0 Å². The number of nitrogens with zero attached hydrogens (tertiary/aromatic N) is 1. The van der Waals surface area contributed by atoms with Gasteiger partial charge >= 0.3 is 0 Å². The van der Waals surface area contributed by atoms with E-state index in [2.05, 4.69) is 0 Å². The average Bonchev–Trinajstić information content (AvgIpc) is 1.61. The zero-order valence-electron chi connectivity index (χ0n) is 5.68. The van der Waals surface area contributed by atoms with Crippen LogP contribution < -0.4 is 5.73 Å². The molecule has 0 heterocycles. The van der Waals surface area contributed by atoms with Gasteiger partial charge in [-0.3, -0.25) is 0 Å². The molecule has 0 saturated heterocycles. The maximum absolute atomic E-state index is 5.34. The van der Waals surface area contributed by atoms with E-state index < -0.39 is 0 Å². The Labute approximate surface area is 50.3 Å². The minimum absolute atomic E-state index is 0.832. The third kappa shape index (κ3) is 5.21. The second-order valence-electron chi connectivity index (χ2n) is 2.02. The first-order valence-electron chi connectivity index (χ1n) is 2.56. The van der Waals surface area contributed by atoms with E-state index in [9.17, 15) is 0 Å². The fourth-order valence-electron chi connectivity index (χ4n) is 0.267. The minimum Gasteiger partial charge on any atom is -0.402 e. The second kappa shape index (κ2) is 3.24. The molecule has 0 amide bonds. The summed E-state index contributed by atoms with van der Waals surface area (Å²) in [6, 6.07) is 0. The summed E-state index contributed by atoms with van der Waals surface area (Å²) in [4.78, 5) is 0. The Morgan fingerprint density at radius 1 is 1.50 bits per heavy atom. The molecule has 0 unspecified atom stereocenters. The number of allylic oxidation sites excluding steroid dienone is 2. The molecule has 2 nitrogen and oxygen atoms in total. The van der Waals surface area contributed by atoms with Gasteiger partial charge in [-0.2, -0.15) is 0 Å². The molecule has 2 heteroatoms. The van der Waals surface area contributed by atoms with Crippen molar-refractivity contribution < 1.29 is 4.58 Å². The van der Waals surface area contributed by atoms with E-state index in [-0.39, 0.29) is 0 Å². The Hall–Kier alpha value is -0.790. The smallest absolute Gasteiger partial charge is 0.164 e. The lowest BCUT2D eigenvalue weighted by molar-refractivity contribution is -0.458. The molecular weight excluding hydrogens is 100 g/mol. The van der Waals surface area contributed by atoms with Gasteiger partial charge in [0.25, 0.3) is 0 Å². The molecule has 2 N–H and O–H groups in total. The summed E-state index contributed by atoms with van der Waals surface area (Å²) in [5, 5.41) is 0. The van der Waals surface area contributed by atoms with E-state index in [4.69, 9.17) is 5.73 Å². The van der Waals surface area contributed by atoms with E-state index >= 15 is 0 Å². The summed E-state index contributed by atoms with van der Waals surface area (Å²) in [6.07, 6.45) is 3.77. The van der Waals surface area contributed by atoms with Gasteiger partial charge in [0, 0.05) is 11.8 Å². The maximum Gasteiger partial charge on any atom is 0.164 e. The van der Waals surface area contributed by atoms with Crippen LogP contribution in [0.2, 0.25) is 0 Å². The largest absolute Gasteiger partial charge is 0.402 e. The van der Waals surface area contributed by atoms with Crippen molar-refractivity contribution in [2.75, 3.05) is 14.1 Å². The summed E-state index contributed by atoms with van der Waals surface area (Å²) in [6.45, 7) is 1.86. The van der Waals surface area contributed by atoms with Crippen LogP contribution in [0, 0.1) is 0 Å². The summed E-state index contributed by atoms with van der Waals surface area (Å²) in [7, 11) is 3.92. The van der Waals surface area contributed by atoms with Crippen LogP contribution in [0.15, 0.2) is 11.8 Å². The van der Waals surface area contributed by atoms with Crippen LogP contribution in [0.25, 0.3) is 0 Å². The van der Waals surface area contributed by atoms with Gasteiger partial charge in [-0.05, 0) is 6.92 Å². The van der Waals surface area contributed by atoms with E-state index in [1.807, 2.05) is 37.9 Å². The topological polar surface area (TPSA) is 29.0 Å². The lowest BCUT2D eigenvalue weighted by atomic mass is 10.5. The molecule has 0 bridgehead atoms. The van der Waals surface area contributed by atoms with Crippen molar-refractivity contribution in [1.29, 1.82) is 0 Å². The first-order chi connectivity index (χ1) is 3.63. The molecule has 46 valence electrons. The van der Waals surface area contributed by atoms with Gasteiger partial charge in [0.15, 0.2) is 6.21 Å². The third-order valence-electron chi connectivity index (χ3n) is 0.636. The molecule has 0 aliphatic carbocycles. The summed E-state index contributed by atoms with van der Waals surface area (Å²) in [5.74, 6) is 0. The molecule has 0 saturated carbocycles. The second-order valence-corrected chi connectivity index (χ2v) is 2.02. The van der Waals surface area contributed by atoms with Crippen LogP contribution in [0.1, 0.15) is 6.92 Å². The maximum atomic E-state index is 5.34. The van der Waals surface area contributed by atoms with Gasteiger partial charge in [0.05, 0.1) is 0 Å². The lowest BCUT2D eigenvalue weighted by Crippen LogP contribution is -1.98. The van der Waals surface area contributed by atoms with Gasteiger partial charge in [0.1, 0.15) is 14.1 Å². The van der Waals surface area contributed by atoms with Crippen LogP contribution in [0.5, 0.6) is 0 Å². The molecule has 0 spiro atoms. The number of hydrogen-bond donors (Lipinski definition) is 1. The summed E-state index contributed by atoms with van der Waals surface area (Å²) < 4.78 is 1.94. The Kier molecular flexibility index (Phi) is 2.92. The van der Waals surface area contributed by atoms with E-state index in [1.54, 1.807) is 0 Å². The molecular formula is C6H13N2+. The van der Waals surface area contributed by atoms with Crippen molar-refractivity contribution in [1.82, 2.24) is 0 Å². The SMILES string of the molecule is C/C(N)=C\C=[N+](C)C. The van der Waals surface area contributed by atoms with Crippen molar-refractivity contribution in [3.8, 4) is 0 Å². The van der Waals surface area contributed by atoms with Crippen LogP contribution >= 0.6 is 0 Å². The van der Waals surface area contributed by atoms with Crippen LogP contribution in [-0.4, -0.2) is 24.9 Å². The Balaban J connectivity index is 3.76. The fourth-order valence-corrected chi connectivity index (χ4v) is 0.267. The molecule has 0 aromatic rings. The first kappa shape index (κ1) is 7.21. The molecule has 8 heavy (non-hydrogen) atoms. The molecule has 0 fully saturated rings. The molecule has 0 radical (unpaired) electrons. The Morgan fingerprint density at radius 3 is 2.12 bits per heavy atom. The summed E-state index contributed by atoms with van der Waals surface area (Å²) >= 11 is 0. The standard InChI is InChI=1S/C6H12N2/c1-6(7)4-5-8(2)3/h4-5,7H,1-3H3/p+1.